The molecule has 9 nitrogen and oxygen atoms in total. The lowest BCUT2D eigenvalue weighted by Gasteiger charge is -2.36. The van der Waals surface area contributed by atoms with E-state index < -0.39 is 17.8 Å². The summed E-state index contributed by atoms with van der Waals surface area (Å²) in [5.41, 5.74) is 1.27. The lowest BCUT2D eigenvalue weighted by molar-refractivity contribution is -0.139. The zero-order chi connectivity index (χ0) is 24.0. The van der Waals surface area contributed by atoms with Crippen LogP contribution in [0.15, 0.2) is 35.5 Å². The van der Waals surface area contributed by atoms with E-state index in [1.165, 1.54) is 17.0 Å². The van der Waals surface area contributed by atoms with E-state index >= 15 is 0 Å². The Morgan fingerprint density at radius 2 is 2.00 bits per heavy atom. The van der Waals surface area contributed by atoms with E-state index in [9.17, 15) is 18.8 Å². The zero-order valence-corrected chi connectivity index (χ0v) is 19.4. The number of urea groups is 2. The van der Waals surface area contributed by atoms with Gasteiger partial charge in [-0.25, -0.2) is 18.8 Å². The fraction of sp³-hybridized carbons (Fsp3) is 0.522. The summed E-state index contributed by atoms with van der Waals surface area (Å²) >= 11 is 0. The van der Waals surface area contributed by atoms with Gasteiger partial charge in [0, 0.05) is 52.0 Å². The van der Waals surface area contributed by atoms with Crippen LogP contribution in [-0.2, 0) is 9.53 Å². The van der Waals surface area contributed by atoms with E-state index in [0.29, 0.717) is 50.5 Å². The maximum atomic E-state index is 13.9. The van der Waals surface area contributed by atoms with Crippen LogP contribution in [0.3, 0.4) is 0 Å². The number of nitrogens with one attached hydrogen (secondary N) is 2. The molecule has 3 rings (SSSR count). The number of halogens is 1. The fourth-order valence-corrected chi connectivity index (χ4v) is 4.14. The first-order valence-corrected chi connectivity index (χ1v) is 11.3. The summed E-state index contributed by atoms with van der Waals surface area (Å²) in [7, 11) is 1.60. The highest BCUT2D eigenvalue weighted by atomic mass is 19.1. The number of hydrogen-bond donors (Lipinski definition) is 2. The van der Waals surface area contributed by atoms with Crippen molar-refractivity contribution in [2.75, 3.05) is 52.9 Å². The molecule has 0 aromatic heterocycles. The van der Waals surface area contributed by atoms with Gasteiger partial charge in [-0.05, 0) is 38.0 Å². The minimum Gasteiger partial charge on any atom is -0.463 e. The number of hydrogen-bond acceptors (Lipinski definition) is 5. The van der Waals surface area contributed by atoms with E-state index in [1.54, 1.807) is 31.0 Å². The number of carbonyl (C=O) groups excluding carboxylic acids is 3. The molecule has 1 aromatic rings. The minimum atomic E-state index is -0.822. The van der Waals surface area contributed by atoms with Crippen molar-refractivity contribution < 1.29 is 23.5 Å². The van der Waals surface area contributed by atoms with Gasteiger partial charge in [-0.2, -0.15) is 0 Å². The molecular formula is C23H32FN5O4. The van der Waals surface area contributed by atoms with Crippen LogP contribution in [0.5, 0.6) is 0 Å². The molecule has 0 radical (unpaired) electrons. The van der Waals surface area contributed by atoms with Gasteiger partial charge in [0.1, 0.15) is 5.82 Å². The summed E-state index contributed by atoms with van der Waals surface area (Å²) in [6.07, 6.45) is 0.766. The molecule has 1 atom stereocenters. The van der Waals surface area contributed by atoms with Gasteiger partial charge in [-0.15, -0.1) is 0 Å². The lowest BCUT2D eigenvalue weighted by Crippen LogP contribution is -2.49. The van der Waals surface area contributed by atoms with Crippen molar-refractivity contribution in [3.05, 3.63) is 46.9 Å². The topological polar surface area (TPSA) is 94.2 Å². The van der Waals surface area contributed by atoms with Gasteiger partial charge in [0.2, 0.25) is 0 Å². The number of esters is 1. The van der Waals surface area contributed by atoms with Crippen molar-refractivity contribution in [1.82, 2.24) is 25.3 Å². The molecule has 1 fully saturated rings. The van der Waals surface area contributed by atoms with E-state index in [4.69, 9.17) is 4.74 Å². The second kappa shape index (κ2) is 11.1. The number of benzene rings is 1. The fourth-order valence-electron chi connectivity index (χ4n) is 4.14. The number of likely N-dealkylation sites (N-methyl/N-ethyl adjacent to an activating group) is 1. The van der Waals surface area contributed by atoms with Crippen molar-refractivity contribution in [3.63, 3.8) is 0 Å². The van der Waals surface area contributed by atoms with E-state index in [0.717, 1.165) is 6.42 Å². The quantitative estimate of drug-likeness (QED) is 0.633. The van der Waals surface area contributed by atoms with Crippen LogP contribution in [0, 0.1) is 5.82 Å². The molecule has 0 bridgehead atoms. The maximum absolute atomic E-state index is 13.9. The molecule has 180 valence electrons. The van der Waals surface area contributed by atoms with Crippen LogP contribution >= 0.6 is 0 Å². The zero-order valence-electron chi connectivity index (χ0n) is 19.4. The normalized spacial score (nSPS) is 19.8. The van der Waals surface area contributed by atoms with Crippen molar-refractivity contribution in [1.29, 1.82) is 0 Å². The third-order valence-corrected chi connectivity index (χ3v) is 5.83. The Balaban J connectivity index is 1.92. The predicted octanol–water partition coefficient (Wildman–Crippen LogP) is 2.08. The lowest BCUT2D eigenvalue weighted by atomic mass is 9.94. The highest BCUT2D eigenvalue weighted by Crippen LogP contribution is 2.31. The largest absolute Gasteiger partial charge is 0.463 e. The van der Waals surface area contributed by atoms with Gasteiger partial charge in [0.15, 0.2) is 0 Å². The molecule has 0 spiro atoms. The molecule has 2 N–H and O–H groups in total. The van der Waals surface area contributed by atoms with Gasteiger partial charge in [-0.1, -0.05) is 12.1 Å². The third-order valence-electron chi connectivity index (χ3n) is 5.83. The van der Waals surface area contributed by atoms with Crippen LogP contribution < -0.4 is 10.6 Å². The predicted molar refractivity (Wildman–Crippen MR) is 121 cm³/mol. The molecule has 4 amide bonds. The van der Waals surface area contributed by atoms with E-state index in [1.807, 2.05) is 6.92 Å². The van der Waals surface area contributed by atoms with Crippen LogP contribution in [0.1, 0.15) is 31.9 Å². The van der Waals surface area contributed by atoms with Crippen molar-refractivity contribution in [2.24, 2.45) is 0 Å². The van der Waals surface area contributed by atoms with Gasteiger partial charge < -0.3 is 20.3 Å². The SMILES string of the molecule is CCNC(=O)N1CCCN(CC2=C(C(=O)OCC)C(c3cccc(F)c3)NC(=O)N2C)CC1. The van der Waals surface area contributed by atoms with Gasteiger partial charge >= 0.3 is 18.0 Å². The average molecular weight is 462 g/mol. The summed E-state index contributed by atoms with van der Waals surface area (Å²) in [6, 6.07) is 4.54. The highest BCUT2D eigenvalue weighted by Gasteiger charge is 2.37. The monoisotopic (exact) mass is 461 g/mol. The van der Waals surface area contributed by atoms with Crippen LogP contribution in [0.25, 0.3) is 0 Å². The van der Waals surface area contributed by atoms with Crippen molar-refractivity contribution in [3.8, 4) is 0 Å². The summed E-state index contributed by atoms with van der Waals surface area (Å²) in [6.45, 7) is 7.13. The second-order valence-electron chi connectivity index (χ2n) is 8.03. The second-order valence-corrected chi connectivity index (χ2v) is 8.03. The summed E-state index contributed by atoms with van der Waals surface area (Å²) < 4.78 is 19.3. The number of carbonyl (C=O) groups is 3. The van der Waals surface area contributed by atoms with Gasteiger partial charge in [0.25, 0.3) is 0 Å². The smallest absolute Gasteiger partial charge is 0.338 e. The number of amides is 4. The van der Waals surface area contributed by atoms with Crippen LogP contribution in [0.4, 0.5) is 14.0 Å². The van der Waals surface area contributed by atoms with E-state index in [-0.39, 0.29) is 24.2 Å². The molecule has 2 aliphatic rings. The molecule has 1 aromatic carbocycles. The minimum absolute atomic E-state index is 0.0916. The molecule has 2 aliphatic heterocycles. The number of ether oxygens (including phenoxy) is 1. The Hall–Kier alpha value is -3.14. The Bertz CT molecular complexity index is 922. The first-order valence-electron chi connectivity index (χ1n) is 11.3. The summed E-state index contributed by atoms with van der Waals surface area (Å²) in [5.74, 6) is -1.00. The van der Waals surface area contributed by atoms with Gasteiger partial charge in [0.05, 0.1) is 18.2 Å². The molecule has 33 heavy (non-hydrogen) atoms. The molecule has 1 unspecified atom stereocenters. The molecule has 0 saturated carbocycles. The standard InChI is InChI=1S/C23H32FN5O4/c1-4-25-22(31)29-11-7-10-28(12-13-29)15-18-19(21(30)33-5-2)20(26-23(32)27(18)3)16-8-6-9-17(24)14-16/h6,8-9,14,20H,4-5,7,10-13,15H2,1-3H3,(H,25,31)(H,26,32). The average Bonchev–Trinajstić information content (AvgIpc) is 3.02. The van der Waals surface area contributed by atoms with Crippen LogP contribution in [0.2, 0.25) is 0 Å². The van der Waals surface area contributed by atoms with Crippen molar-refractivity contribution in [2.45, 2.75) is 26.3 Å². The first-order chi connectivity index (χ1) is 15.8. The van der Waals surface area contributed by atoms with Gasteiger partial charge in [-0.3, -0.25) is 9.80 Å². The molecule has 10 heteroatoms. The molecule has 0 aliphatic carbocycles. The Kier molecular flexibility index (Phi) is 8.26. The number of rotatable bonds is 6. The molecule has 2 heterocycles. The van der Waals surface area contributed by atoms with Crippen LogP contribution in [-0.4, -0.2) is 85.7 Å². The third kappa shape index (κ3) is 5.81. The Labute approximate surface area is 193 Å². The Morgan fingerprint density at radius 1 is 1.21 bits per heavy atom. The van der Waals surface area contributed by atoms with E-state index in [2.05, 4.69) is 15.5 Å². The summed E-state index contributed by atoms with van der Waals surface area (Å²) in [4.78, 5) is 43.3. The Morgan fingerprint density at radius 3 is 2.70 bits per heavy atom. The van der Waals surface area contributed by atoms with Crippen molar-refractivity contribution >= 4 is 18.0 Å². The molecule has 1 saturated heterocycles. The maximum Gasteiger partial charge on any atom is 0.338 e. The highest BCUT2D eigenvalue weighted by molar-refractivity contribution is 5.95. The first kappa shape index (κ1) is 24.5. The molecular weight excluding hydrogens is 429 g/mol. The number of nitrogens with zero attached hydrogens (tertiary/aromatic N) is 3. The summed E-state index contributed by atoms with van der Waals surface area (Å²) in [5, 5.41) is 5.62.